The van der Waals surface area contributed by atoms with E-state index in [0.717, 1.165) is 41.9 Å². The van der Waals surface area contributed by atoms with Crippen LogP contribution in [0.5, 0.6) is 11.5 Å². The van der Waals surface area contributed by atoms with Gasteiger partial charge in [-0.25, -0.2) is 0 Å². The van der Waals surface area contributed by atoms with Gasteiger partial charge in [-0.3, -0.25) is 9.59 Å². The monoisotopic (exact) mass is 587 g/mol. The number of halogens is 2. The first kappa shape index (κ1) is 27.8. The van der Waals surface area contributed by atoms with Gasteiger partial charge in [0.2, 0.25) is 12.7 Å². The molecule has 2 aromatic carbocycles. The van der Waals surface area contributed by atoms with Crippen LogP contribution in [0.4, 0.5) is 0 Å². The van der Waals surface area contributed by atoms with Crippen LogP contribution in [0.1, 0.15) is 39.2 Å². The Morgan fingerprint density at radius 2 is 1.74 bits per heavy atom. The minimum absolute atomic E-state index is 0.0398. The van der Waals surface area contributed by atoms with E-state index in [1.54, 1.807) is 39.3 Å². The lowest BCUT2D eigenvalue weighted by Gasteiger charge is -2.29. The van der Waals surface area contributed by atoms with Crippen LogP contribution in [0.2, 0.25) is 10.0 Å². The molecular weight excluding hydrogens is 557 g/mol. The molecule has 5 rings (SSSR count). The summed E-state index contributed by atoms with van der Waals surface area (Å²) in [6, 6.07) is 12.6. The van der Waals surface area contributed by atoms with Gasteiger partial charge in [0.25, 0.3) is 5.91 Å². The molecule has 39 heavy (non-hydrogen) atoms. The number of aryl methyl sites for hydroxylation is 1. The summed E-state index contributed by atoms with van der Waals surface area (Å²) in [6.45, 7) is 6.22. The molecule has 3 heterocycles. The minimum Gasteiger partial charge on any atom is -0.454 e. The molecular formula is C29H31Cl2N3O4S. The molecule has 0 aliphatic carbocycles. The number of ether oxygens (including phenoxy) is 2. The topological polar surface area (TPSA) is 62.3 Å². The SMILES string of the molecule is Cc1ccsc1CN(Cc1ccc2c(c1)OCO2)C(=O)CN(CCN1CCCC1)C(=O)c1ccc(Cl)c(Cl)c1. The fraction of sp³-hybridized carbons (Fsp3) is 0.379. The normalized spacial score (nSPS) is 14.5. The number of carbonyl (C=O) groups excluding carboxylic acids is 2. The molecule has 3 aromatic rings. The Morgan fingerprint density at radius 1 is 0.949 bits per heavy atom. The van der Waals surface area contributed by atoms with E-state index < -0.39 is 0 Å². The van der Waals surface area contributed by atoms with Gasteiger partial charge >= 0.3 is 0 Å². The van der Waals surface area contributed by atoms with Crippen LogP contribution in [0, 0.1) is 6.92 Å². The Kier molecular flexibility index (Phi) is 8.97. The van der Waals surface area contributed by atoms with Gasteiger partial charge in [0, 0.05) is 30.1 Å². The fourth-order valence-electron chi connectivity index (χ4n) is 4.83. The third-order valence-electron chi connectivity index (χ3n) is 7.13. The molecule has 7 nitrogen and oxygen atoms in total. The van der Waals surface area contributed by atoms with Crippen LogP contribution in [-0.4, -0.2) is 66.0 Å². The molecule has 0 spiro atoms. The van der Waals surface area contributed by atoms with Crippen molar-refractivity contribution < 1.29 is 19.1 Å². The van der Waals surface area contributed by atoms with Crippen molar-refractivity contribution in [3.8, 4) is 11.5 Å². The van der Waals surface area contributed by atoms with Gasteiger partial charge < -0.3 is 24.2 Å². The first-order chi connectivity index (χ1) is 18.9. The number of nitrogens with zero attached hydrogens (tertiary/aromatic N) is 3. The molecule has 1 aromatic heterocycles. The molecule has 2 aliphatic heterocycles. The summed E-state index contributed by atoms with van der Waals surface area (Å²) in [5.74, 6) is 1.01. The highest BCUT2D eigenvalue weighted by Gasteiger charge is 2.25. The van der Waals surface area contributed by atoms with Gasteiger partial charge in [0.15, 0.2) is 11.5 Å². The predicted octanol–water partition coefficient (Wildman–Crippen LogP) is 5.86. The summed E-state index contributed by atoms with van der Waals surface area (Å²) >= 11 is 13.9. The molecule has 0 unspecified atom stereocenters. The van der Waals surface area contributed by atoms with E-state index in [1.165, 1.54) is 0 Å². The molecule has 10 heteroatoms. The smallest absolute Gasteiger partial charge is 0.254 e. The summed E-state index contributed by atoms with van der Waals surface area (Å²) in [7, 11) is 0. The summed E-state index contributed by atoms with van der Waals surface area (Å²) in [5, 5.41) is 2.73. The molecule has 2 aliphatic rings. The van der Waals surface area contributed by atoms with Crippen LogP contribution < -0.4 is 9.47 Å². The van der Waals surface area contributed by atoms with Crippen molar-refractivity contribution in [2.75, 3.05) is 39.5 Å². The van der Waals surface area contributed by atoms with Crippen molar-refractivity contribution in [2.24, 2.45) is 0 Å². The molecule has 0 radical (unpaired) electrons. The van der Waals surface area contributed by atoms with Gasteiger partial charge in [0.1, 0.15) is 6.54 Å². The number of benzene rings is 2. The molecule has 0 N–H and O–H groups in total. The highest BCUT2D eigenvalue weighted by molar-refractivity contribution is 7.10. The van der Waals surface area contributed by atoms with Crippen molar-refractivity contribution >= 4 is 46.4 Å². The number of hydrogen-bond acceptors (Lipinski definition) is 6. The Labute approximate surface area is 242 Å². The van der Waals surface area contributed by atoms with Gasteiger partial charge in [-0.05, 0) is 85.8 Å². The van der Waals surface area contributed by atoms with Gasteiger partial charge in [-0.15, -0.1) is 11.3 Å². The second-order valence-electron chi connectivity index (χ2n) is 9.87. The van der Waals surface area contributed by atoms with E-state index in [2.05, 4.69) is 11.0 Å². The Bertz CT molecular complexity index is 1340. The number of carbonyl (C=O) groups is 2. The van der Waals surface area contributed by atoms with Crippen LogP contribution in [-0.2, 0) is 17.9 Å². The summed E-state index contributed by atoms with van der Waals surface area (Å²) in [5.41, 5.74) is 2.48. The van der Waals surface area contributed by atoms with Gasteiger partial charge in [-0.1, -0.05) is 29.3 Å². The summed E-state index contributed by atoms with van der Waals surface area (Å²) in [4.78, 5) is 34.4. The average Bonchev–Trinajstić information content (AvgIpc) is 3.70. The maximum absolute atomic E-state index is 13.9. The zero-order valence-corrected chi connectivity index (χ0v) is 24.2. The third-order valence-corrected chi connectivity index (χ3v) is 8.88. The standard InChI is InChI=1S/C29H31Cl2N3O4S/c1-20-8-13-39-27(20)17-34(16-21-4-7-25-26(14-21)38-19-37-25)28(35)18-33(12-11-32-9-2-3-10-32)29(36)22-5-6-23(30)24(31)15-22/h4-8,13-15H,2-3,9-12,16-19H2,1H3. The van der Waals surface area contributed by atoms with E-state index in [9.17, 15) is 9.59 Å². The van der Waals surface area contributed by atoms with E-state index in [-0.39, 0.29) is 25.2 Å². The van der Waals surface area contributed by atoms with Crippen molar-refractivity contribution in [3.63, 3.8) is 0 Å². The lowest BCUT2D eigenvalue weighted by atomic mass is 10.1. The number of fused-ring (bicyclic) bond motifs is 1. The number of hydrogen-bond donors (Lipinski definition) is 0. The average molecular weight is 589 g/mol. The lowest BCUT2D eigenvalue weighted by molar-refractivity contribution is -0.133. The van der Waals surface area contributed by atoms with Gasteiger partial charge in [0.05, 0.1) is 16.6 Å². The second-order valence-corrected chi connectivity index (χ2v) is 11.7. The van der Waals surface area contributed by atoms with Crippen LogP contribution in [0.15, 0.2) is 47.8 Å². The van der Waals surface area contributed by atoms with Crippen LogP contribution in [0.3, 0.4) is 0 Å². The predicted molar refractivity (Wildman–Crippen MR) is 154 cm³/mol. The highest BCUT2D eigenvalue weighted by atomic mass is 35.5. The Balaban J connectivity index is 1.37. The quantitative estimate of drug-likeness (QED) is 0.297. The molecule has 0 saturated carbocycles. The van der Waals surface area contributed by atoms with Crippen molar-refractivity contribution in [2.45, 2.75) is 32.9 Å². The molecule has 0 bridgehead atoms. The number of thiophene rings is 1. The van der Waals surface area contributed by atoms with Crippen molar-refractivity contribution in [1.29, 1.82) is 0 Å². The minimum atomic E-state index is -0.239. The van der Waals surface area contributed by atoms with E-state index >= 15 is 0 Å². The van der Waals surface area contributed by atoms with E-state index in [0.29, 0.717) is 53.3 Å². The number of amides is 2. The summed E-state index contributed by atoms with van der Waals surface area (Å²) in [6.07, 6.45) is 2.31. The lowest BCUT2D eigenvalue weighted by Crippen LogP contribution is -2.45. The van der Waals surface area contributed by atoms with Crippen molar-refractivity contribution in [1.82, 2.24) is 14.7 Å². The largest absolute Gasteiger partial charge is 0.454 e. The second kappa shape index (κ2) is 12.6. The molecule has 206 valence electrons. The first-order valence-corrected chi connectivity index (χ1v) is 14.7. The maximum atomic E-state index is 13.9. The molecule has 0 atom stereocenters. The fourth-order valence-corrected chi connectivity index (χ4v) is 6.05. The van der Waals surface area contributed by atoms with Crippen LogP contribution in [0.25, 0.3) is 0 Å². The summed E-state index contributed by atoms with van der Waals surface area (Å²) < 4.78 is 11.0. The Hall–Kier alpha value is -2.78. The number of likely N-dealkylation sites (tertiary alicyclic amines) is 1. The highest BCUT2D eigenvalue weighted by Crippen LogP contribution is 2.33. The van der Waals surface area contributed by atoms with Crippen molar-refractivity contribution in [3.05, 3.63) is 79.5 Å². The first-order valence-electron chi connectivity index (χ1n) is 13.0. The maximum Gasteiger partial charge on any atom is 0.254 e. The molecule has 2 amide bonds. The van der Waals surface area contributed by atoms with Gasteiger partial charge in [-0.2, -0.15) is 0 Å². The Morgan fingerprint density at radius 3 is 2.49 bits per heavy atom. The zero-order chi connectivity index (χ0) is 27.4. The number of rotatable bonds is 10. The molecule has 1 saturated heterocycles. The van der Waals surface area contributed by atoms with E-state index in [1.807, 2.05) is 30.5 Å². The molecule has 1 fully saturated rings. The van der Waals surface area contributed by atoms with E-state index in [4.69, 9.17) is 32.7 Å². The van der Waals surface area contributed by atoms with Crippen LogP contribution >= 0.6 is 34.5 Å². The third kappa shape index (κ3) is 6.87. The zero-order valence-electron chi connectivity index (χ0n) is 21.8.